The van der Waals surface area contributed by atoms with Crippen molar-refractivity contribution in [3.05, 3.63) is 92.8 Å². The number of phenolic OH excluding ortho intramolecular Hbond substituents is 1. The van der Waals surface area contributed by atoms with E-state index < -0.39 is 10.5 Å². The lowest BCUT2D eigenvalue weighted by molar-refractivity contribution is -0.385. The Morgan fingerprint density at radius 3 is 2.59 bits per heavy atom. The van der Waals surface area contributed by atoms with Crippen LogP contribution in [0.1, 0.15) is 12.5 Å². The van der Waals surface area contributed by atoms with Crippen molar-refractivity contribution in [2.45, 2.75) is 6.92 Å². The number of benzene rings is 3. The van der Waals surface area contributed by atoms with Crippen LogP contribution < -0.4 is 10.4 Å². The van der Waals surface area contributed by atoms with Crippen molar-refractivity contribution in [2.75, 3.05) is 6.61 Å². The highest BCUT2D eigenvalue weighted by molar-refractivity contribution is 5.88. The molecule has 3 aromatic carbocycles. The summed E-state index contributed by atoms with van der Waals surface area (Å²) in [6.45, 7) is 1.96. The van der Waals surface area contributed by atoms with Gasteiger partial charge in [0.2, 0.25) is 0 Å². The molecule has 0 atom stereocenters. The Morgan fingerprint density at radius 2 is 1.88 bits per heavy atom. The number of para-hydroxylation sites is 1. The third-order valence-electron chi connectivity index (χ3n) is 4.77. The quantitative estimate of drug-likeness (QED) is 0.194. The molecule has 0 spiro atoms. The van der Waals surface area contributed by atoms with Crippen LogP contribution in [0.15, 0.2) is 80.9 Å². The lowest BCUT2D eigenvalue weighted by Crippen LogP contribution is -2.02. The highest BCUT2D eigenvalue weighted by Crippen LogP contribution is 2.34. The molecule has 0 radical (unpaired) electrons. The monoisotopic (exact) mass is 430 g/mol. The van der Waals surface area contributed by atoms with E-state index in [-0.39, 0.29) is 29.4 Å². The lowest BCUT2D eigenvalue weighted by Gasteiger charge is -2.08. The molecule has 8 heteroatoms. The number of rotatable bonds is 6. The van der Waals surface area contributed by atoms with Gasteiger partial charge >= 0.3 is 5.63 Å². The second-order valence-corrected chi connectivity index (χ2v) is 6.86. The molecule has 0 aliphatic carbocycles. The number of ether oxygens (including phenoxy) is 1. The average Bonchev–Trinajstić information content (AvgIpc) is 2.79. The molecular formula is C24H18N2O6. The normalized spacial score (nSPS) is 11.2. The molecule has 0 saturated heterocycles. The summed E-state index contributed by atoms with van der Waals surface area (Å²) in [4.78, 5) is 27.2. The van der Waals surface area contributed by atoms with E-state index in [1.54, 1.807) is 49.4 Å². The van der Waals surface area contributed by atoms with Crippen LogP contribution in [0.4, 0.5) is 11.4 Å². The van der Waals surface area contributed by atoms with Crippen molar-refractivity contribution in [1.29, 1.82) is 0 Å². The molecule has 1 heterocycles. The van der Waals surface area contributed by atoms with E-state index in [9.17, 15) is 20.0 Å². The number of aromatic hydroxyl groups is 1. The van der Waals surface area contributed by atoms with Gasteiger partial charge in [0.25, 0.3) is 5.69 Å². The summed E-state index contributed by atoms with van der Waals surface area (Å²) in [7, 11) is 0. The predicted octanol–water partition coefficient (Wildman–Crippen LogP) is 5.22. The fraction of sp³-hybridized carbons (Fsp3) is 0.0833. The number of hydrogen-bond donors (Lipinski definition) is 1. The number of nitro groups is 1. The molecule has 0 bridgehead atoms. The van der Waals surface area contributed by atoms with Crippen molar-refractivity contribution in [2.24, 2.45) is 4.99 Å². The van der Waals surface area contributed by atoms with Gasteiger partial charge in [0.05, 0.1) is 28.8 Å². The summed E-state index contributed by atoms with van der Waals surface area (Å²) in [5, 5.41) is 22.3. The van der Waals surface area contributed by atoms with Gasteiger partial charge in [0.1, 0.15) is 5.58 Å². The molecule has 0 aliphatic rings. The molecule has 4 rings (SSSR count). The highest BCUT2D eigenvalue weighted by atomic mass is 16.6. The second-order valence-electron chi connectivity index (χ2n) is 6.86. The SMILES string of the molecule is CCOc1cc([N+](=O)[O-])cc(C=Nc2ccc(-c3cc4ccccc4oc3=O)cc2)c1O. The number of nitrogens with zero attached hydrogens (tertiary/aromatic N) is 2. The average molecular weight is 430 g/mol. The Morgan fingerprint density at radius 1 is 1.12 bits per heavy atom. The minimum atomic E-state index is -0.566. The van der Waals surface area contributed by atoms with E-state index >= 15 is 0 Å². The van der Waals surface area contributed by atoms with Gasteiger partial charge in [-0.25, -0.2) is 4.79 Å². The Labute approximate surface area is 182 Å². The zero-order valence-corrected chi connectivity index (χ0v) is 17.0. The fourth-order valence-electron chi connectivity index (χ4n) is 3.22. The van der Waals surface area contributed by atoms with Gasteiger partial charge in [-0.2, -0.15) is 0 Å². The van der Waals surface area contributed by atoms with Crippen LogP contribution >= 0.6 is 0 Å². The van der Waals surface area contributed by atoms with Gasteiger partial charge in [0.15, 0.2) is 11.5 Å². The van der Waals surface area contributed by atoms with Gasteiger partial charge in [-0.1, -0.05) is 30.3 Å². The Balaban J connectivity index is 1.64. The maximum atomic E-state index is 12.3. The Kier molecular flexibility index (Phi) is 5.67. The van der Waals surface area contributed by atoms with Crippen LogP contribution in [0.5, 0.6) is 11.5 Å². The fourth-order valence-corrected chi connectivity index (χ4v) is 3.22. The Hall–Kier alpha value is -4.46. The van der Waals surface area contributed by atoms with Crippen molar-refractivity contribution < 1.29 is 19.2 Å². The lowest BCUT2D eigenvalue weighted by atomic mass is 10.1. The van der Waals surface area contributed by atoms with Crippen LogP contribution in [0.25, 0.3) is 22.1 Å². The zero-order chi connectivity index (χ0) is 22.7. The molecule has 1 aromatic heterocycles. The summed E-state index contributed by atoms with van der Waals surface area (Å²) in [6, 6.07) is 18.3. The first-order valence-electron chi connectivity index (χ1n) is 9.78. The van der Waals surface area contributed by atoms with Crippen LogP contribution in [-0.4, -0.2) is 22.9 Å². The van der Waals surface area contributed by atoms with Crippen LogP contribution in [0, 0.1) is 10.1 Å². The van der Waals surface area contributed by atoms with Gasteiger partial charge in [-0.15, -0.1) is 0 Å². The van der Waals surface area contributed by atoms with E-state index in [4.69, 9.17) is 9.15 Å². The molecule has 0 unspecified atom stereocenters. The zero-order valence-electron chi connectivity index (χ0n) is 17.0. The molecule has 0 amide bonds. The molecule has 32 heavy (non-hydrogen) atoms. The third kappa shape index (κ3) is 4.20. The van der Waals surface area contributed by atoms with Gasteiger partial charge in [0, 0.05) is 23.2 Å². The van der Waals surface area contributed by atoms with Crippen molar-refractivity contribution in [3.8, 4) is 22.6 Å². The van der Waals surface area contributed by atoms with Crippen LogP contribution in [0.3, 0.4) is 0 Å². The largest absolute Gasteiger partial charge is 0.504 e. The van der Waals surface area contributed by atoms with Crippen molar-refractivity contribution in [1.82, 2.24) is 0 Å². The first-order chi connectivity index (χ1) is 15.5. The maximum Gasteiger partial charge on any atom is 0.344 e. The van der Waals surface area contributed by atoms with Gasteiger partial charge in [-0.05, 0) is 36.8 Å². The predicted molar refractivity (Wildman–Crippen MR) is 121 cm³/mol. The third-order valence-corrected chi connectivity index (χ3v) is 4.77. The number of non-ortho nitro benzene ring substituents is 1. The molecule has 160 valence electrons. The molecule has 4 aromatic rings. The topological polar surface area (TPSA) is 115 Å². The van der Waals surface area contributed by atoms with Crippen LogP contribution in [0.2, 0.25) is 0 Å². The van der Waals surface area contributed by atoms with Crippen molar-refractivity contribution >= 4 is 28.6 Å². The number of nitro benzene ring substituents is 1. The second kappa shape index (κ2) is 8.73. The first-order valence-corrected chi connectivity index (χ1v) is 9.78. The molecule has 1 N–H and O–H groups in total. The highest BCUT2D eigenvalue weighted by Gasteiger charge is 2.16. The minimum absolute atomic E-state index is 0.0153. The molecule has 0 saturated carbocycles. The van der Waals surface area contributed by atoms with E-state index in [0.29, 0.717) is 22.4 Å². The summed E-state index contributed by atoms with van der Waals surface area (Å²) < 4.78 is 10.6. The number of phenols is 1. The Bertz CT molecular complexity index is 1390. The molecule has 8 nitrogen and oxygen atoms in total. The number of aliphatic imine (C=N–C) groups is 1. The summed E-state index contributed by atoms with van der Waals surface area (Å²) >= 11 is 0. The summed E-state index contributed by atoms with van der Waals surface area (Å²) in [5.74, 6) is -0.215. The molecule has 0 aliphatic heterocycles. The maximum absolute atomic E-state index is 12.3. The summed E-state index contributed by atoms with van der Waals surface area (Å²) in [5.41, 5.74) is 1.64. The van der Waals surface area contributed by atoms with Crippen molar-refractivity contribution in [3.63, 3.8) is 0 Å². The first kappa shape index (κ1) is 20.8. The van der Waals surface area contributed by atoms with Gasteiger partial charge in [-0.3, -0.25) is 15.1 Å². The summed E-state index contributed by atoms with van der Waals surface area (Å²) in [6.07, 6.45) is 1.32. The van der Waals surface area contributed by atoms with E-state index in [1.165, 1.54) is 18.3 Å². The standard InChI is InChI=1S/C24H18N2O6/c1-2-31-22-13-19(26(29)30)11-17(23(22)27)14-25-18-9-7-15(8-10-18)20-12-16-5-3-4-6-21(16)32-24(20)28/h3-14,27H,2H2,1H3. The molecular weight excluding hydrogens is 412 g/mol. The van der Waals surface area contributed by atoms with E-state index in [0.717, 1.165) is 5.39 Å². The number of fused-ring (bicyclic) bond motifs is 1. The van der Waals surface area contributed by atoms with E-state index in [1.807, 2.05) is 12.1 Å². The van der Waals surface area contributed by atoms with E-state index in [2.05, 4.69) is 4.99 Å². The van der Waals surface area contributed by atoms with Gasteiger partial charge < -0.3 is 14.3 Å². The smallest absolute Gasteiger partial charge is 0.344 e. The number of hydrogen-bond acceptors (Lipinski definition) is 7. The van der Waals surface area contributed by atoms with Crippen LogP contribution in [-0.2, 0) is 0 Å². The molecule has 0 fully saturated rings. The minimum Gasteiger partial charge on any atom is -0.504 e.